The van der Waals surface area contributed by atoms with Gasteiger partial charge in [-0.2, -0.15) is 0 Å². The number of fused-ring (bicyclic) bond motifs is 1. The van der Waals surface area contributed by atoms with Gasteiger partial charge in [0.25, 0.3) is 5.91 Å². The number of nitrogens with zero attached hydrogens (tertiary/aromatic N) is 2. The Hall–Kier alpha value is -2.67. The fourth-order valence-electron chi connectivity index (χ4n) is 3.66. The number of hydrogen-bond donors (Lipinski definition) is 2. The Morgan fingerprint density at radius 1 is 1.32 bits per heavy atom. The summed E-state index contributed by atoms with van der Waals surface area (Å²) in [6, 6.07) is 8.51. The standard InChI is InChI=1S/C21H24N4O2S/c1-14-3-2-4-15(7-14)5-6-19(26)24-17-8-16(9-17)10-23-21(27)18-12-28-20-11-22-13-25(18)20/h2-4,7,11-13,16-17H,5-6,8-10H2,1H3,(H,23,27)(H,24,26). The number of carbonyl (C=O) groups is 2. The van der Waals surface area contributed by atoms with Crippen molar-refractivity contribution >= 4 is 28.0 Å². The van der Waals surface area contributed by atoms with E-state index in [4.69, 9.17) is 0 Å². The number of hydrogen-bond acceptors (Lipinski definition) is 4. The number of rotatable bonds is 7. The number of imidazole rings is 1. The van der Waals surface area contributed by atoms with Gasteiger partial charge in [0.1, 0.15) is 16.9 Å². The highest BCUT2D eigenvalue weighted by Gasteiger charge is 2.30. The monoisotopic (exact) mass is 396 g/mol. The molecule has 146 valence electrons. The second kappa shape index (κ2) is 8.14. The lowest BCUT2D eigenvalue weighted by atomic mass is 9.80. The summed E-state index contributed by atoms with van der Waals surface area (Å²) >= 11 is 1.51. The van der Waals surface area contributed by atoms with Gasteiger partial charge >= 0.3 is 0 Å². The molecule has 7 heteroatoms. The number of amides is 2. The van der Waals surface area contributed by atoms with E-state index < -0.39 is 0 Å². The van der Waals surface area contributed by atoms with Crippen LogP contribution in [0.5, 0.6) is 0 Å². The minimum absolute atomic E-state index is 0.0742. The van der Waals surface area contributed by atoms with Crippen LogP contribution in [-0.4, -0.2) is 33.8 Å². The maximum atomic E-state index is 12.3. The summed E-state index contributed by atoms with van der Waals surface area (Å²) < 4.78 is 1.80. The zero-order chi connectivity index (χ0) is 19.5. The van der Waals surface area contributed by atoms with Crippen LogP contribution in [0, 0.1) is 12.8 Å². The van der Waals surface area contributed by atoms with E-state index in [1.807, 2.05) is 11.4 Å². The quantitative estimate of drug-likeness (QED) is 0.645. The van der Waals surface area contributed by atoms with Crippen molar-refractivity contribution in [1.82, 2.24) is 20.0 Å². The molecule has 0 spiro atoms. The van der Waals surface area contributed by atoms with E-state index in [9.17, 15) is 9.59 Å². The zero-order valence-electron chi connectivity index (χ0n) is 15.9. The van der Waals surface area contributed by atoms with Gasteiger partial charge in [-0.1, -0.05) is 29.8 Å². The second-order valence-electron chi connectivity index (χ2n) is 7.52. The number of aromatic nitrogens is 2. The van der Waals surface area contributed by atoms with Crippen LogP contribution in [-0.2, 0) is 11.2 Å². The molecule has 1 aliphatic rings. The van der Waals surface area contributed by atoms with Crippen LogP contribution in [0.25, 0.3) is 4.83 Å². The van der Waals surface area contributed by atoms with Gasteiger partial charge in [-0.25, -0.2) is 4.98 Å². The maximum Gasteiger partial charge on any atom is 0.269 e. The normalized spacial score (nSPS) is 18.6. The van der Waals surface area contributed by atoms with Gasteiger partial charge in [-0.15, -0.1) is 11.3 Å². The van der Waals surface area contributed by atoms with Gasteiger partial charge < -0.3 is 10.6 Å². The Balaban J connectivity index is 1.15. The van der Waals surface area contributed by atoms with Crippen molar-refractivity contribution in [2.24, 2.45) is 5.92 Å². The predicted molar refractivity (Wildman–Crippen MR) is 110 cm³/mol. The smallest absolute Gasteiger partial charge is 0.269 e. The molecule has 2 amide bonds. The van der Waals surface area contributed by atoms with E-state index in [2.05, 4.69) is 40.7 Å². The van der Waals surface area contributed by atoms with Crippen molar-refractivity contribution in [2.75, 3.05) is 6.54 Å². The Morgan fingerprint density at radius 2 is 2.18 bits per heavy atom. The highest BCUT2D eigenvalue weighted by molar-refractivity contribution is 7.15. The molecule has 0 unspecified atom stereocenters. The van der Waals surface area contributed by atoms with E-state index in [0.717, 1.165) is 24.1 Å². The van der Waals surface area contributed by atoms with Gasteiger partial charge in [-0.05, 0) is 37.7 Å². The summed E-state index contributed by atoms with van der Waals surface area (Å²) in [4.78, 5) is 29.5. The molecule has 28 heavy (non-hydrogen) atoms. The lowest BCUT2D eigenvalue weighted by Gasteiger charge is -2.36. The molecule has 1 fully saturated rings. The topological polar surface area (TPSA) is 75.5 Å². The van der Waals surface area contributed by atoms with E-state index in [0.29, 0.717) is 24.6 Å². The first-order valence-electron chi connectivity index (χ1n) is 9.61. The van der Waals surface area contributed by atoms with Crippen LogP contribution in [0.1, 0.15) is 40.9 Å². The molecule has 0 bridgehead atoms. The largest absolute Gasteiger partial charge is 0.353 e. The highest BCUT2D eigenvalue weighted by Crippen LogP contribution is 2.27. The summed E-state index contributed by atoms with van der Waals surface area (Å²) in [5.74, 6) is 0.451. The molecule has 2 heterocycles. The Labute approximate surface area is 168 Å². The van der Waals surface area contributed by atoms with E-state index in [1.54, 1.807) is 16.9 Å². The van der Waals surface area contributed by atoms with Gasteiger partial charge in [0.2, 0.25) is 5.91 Å². The number of aryl methyl sites for hydroxylation is 2. The van der Waals surface area contributed by atoms with Gasteiger partial charge in [0.05, 0.1) is 6.20 Å². The molecular weight excluding hydrogens is 372 g/mol. The molecule has 0 saturated heterocycles. The SMILES string of the molecule is Cc1cccc(CCC(=O)NC2CC(CNC(=O)c3csc4cncn34)C2)c1. The van der Waals surface area contributed by atoms with Crippen molar-refractivity contribution in [3.63, 3.8) is 0 Å². The Kier molecular flexibility index (Phi) is 5.43. The summed E-state index contributed by atoms with van der Waals surface area (Å²) in [6.07, 6.45) is 6.52. The molecule has 1 saturated carbocycles. The summed E-state index contributed by atoms with van der Waals surface area (Å²) in [6.45, 7) is 2.70. The van der Waals surface area contributed by atoms with E-state index in [1.165, 1.54) is 22.5 Å². The summed E-state index contributed by atoms with van der Waals surface area (Å²) in [5.41, 5.74) is 3.04. The van der Waals surface area contributed by atoms with Crippen molar-refractivity contribution in [3.8, 4) is 0 Å². The second-order valence-corrected chi connectivity index (χ2v) is 8.41. The average molecular weight is 397 g/mol. The van der Waals surface area contributed by atoms with Crippen LogP contribution in [0.2, 0.25) is 0 Å². The van der Waals surface area contributed by atoms with Gasteiger partial charge in [-0.3, -0.25) is 14.0 Å². The van der Waals surface area contributed by atoms with Crippen molar-refractivity contribution in [3.05, 3.63) is 59.0 Å². The van der Waals surface area contributed by atoms with Crippen LogP contribution < -0.4 is 10.6 Å². The van der Waals surface area contributed by atoms with Crippen molar-refractivity contribution in [2.45, 2.75) is 38.6 Å². The summed E-state index contributed by atoms with van der Waals surface area (Å²) in [5, 5.41) is 7.96. The van der Waals surface area contributed by atoms with E-state index in [-0.39, 0.29) is 17.9 Å². The van der Waals surface area contributed by atoms with Crippen molar-refractivity contribution < 1.29 is 9.59 Å². The van der Waals surface area contributed by atoms with E-state index >= 15 is 0 Å². The molecule has 3 aromatic rings. The molecule has 6 nitrogen and oxygen atoms in total. The fraction of sp³-hybridized carbons (Fsp3) is 0.381. The van der Waals surface area contributed by atoms with Gasteiger partial charge in [0, 0.05) is 24.4 Å². The highest BCUT2D eigenvalue weighted by atomic mass is 32.1. The molecule has 1 aromatic carbocycles. The molecule has 4 rings (SSSR count). The third-order valence-corrected chi connectivity index (χ3v) is 6.15. The van der Waals surface area contributed by atoms with Crippen molar-refractivity contribution in [1.29, 1.82) is 0 Å². The minimum atomic E-state index is -0.0742. The van der Waals surface area contributed by atoms with Crippen LogP contribution >= 0.6 is 11.3 Å². The molecule has 2 aromatic heterocycles. The molecule has 0 aliphatic heterocycles. The molecule has 2 N–H and O–H groups in total. The Morgan fingerprint density at radius 3 is 3.00 bits per heavy atom. The van der Waals surface area contributed by atoms with Crippen LogP contribution in [0.15, 0.2) is 42.2 Å². The third kappa shape index (κ3) is 4.25. The number of thiazole rings is 1. The lowest BCUT2D eigenvalue weighted by molar-refractivity contribution is -0.122. The molecule has 0 atom stereocenters. The number of carbonyl (C=O) groups excluding carboxylic acids is 2. The van der Waals surface area contributed by atoms with Crippen LogP contribution in [0.4, 0.5) is 0 Å². The average Bonchev–Trinajstić information content (AvgIpc) is 3.25. The Bertz CT molecular complexity index is 987. The predicted octanol–water partition coefficient (Wildman–Crippen LogP) is 2.96. The zero-order valence-corrected chi connectivity index (χ0v) is 16.7. The molecule has 1 aliphatic carbocycles. The lowest BCUT2D eigenvalue weighted by Crippen LogP contribution is -2.47. The fourth-order valence-corrected chi connectivity index (χ4v) is 4.49. The molecular formula is C21H24N4O2S. The molecule has 0 radical (unpaired) electrons. The number of benzene rings is 1. The van der Waals surface area contributed by atoms with Crippen LogP contribution in [0.3, 0.4) is 0 Å². The summed E-state index contributed by atoms with van der Waals surface area (Å²) in [7, 11) is 0. The minimum Gasteiger partial charge on any atom is -0.353 e. The first kappa shape index (κ1) is 18.7. The third-order valence-electron chi connectivity index (χ3n) is 5.26. The number of nitrogens with one attached hydrogen (secondary N) is 2. The first-order valence-corrected chi connectivity index (χ1v) is 10.5. The maximum absolute atomic E-state index is 12.3. The van der Waals surface area contributed by atoms with Gasteiger partial charge in [0.15, 0.2) is 0 Å². The first-order chi connectivity index (χ1) is 13.6.